The number of benzene rings is 1. The molecule has 0 radical (unpaired) electrons. The van der Waals surface area contributed by atoms with Gasteiger partial charge in [-0.2, -0.15) is 13.2 Å². The molecule has 0 N–H and O–H groups in total. The smallest absolute Gasteiger partial charge is 0.360 e. The van der Waals surface area contributed by atoms with Gasteiger partial charge in [-0.05, 0) is 12.8 Å². The van der Waals surface area contributed by atoms with Crippen LogP contribution in [-0.2, 0) is 6.18 Å². The van der Waals surface area contributed by atoms with E-state index in [1.165, 1.54) is 4.90 Å². The number of hydrogen-bond donors (Lipinski definition) is 0. The topological polar surface area (TPSA) is 89.5 Å². The molecule has 0 heterocycles. The normalized spacial score (nSPS) is 11.6. The molecule has 1 rings (SSSR count). The van der Waals surface area contributed by atoms with E-state index in [2.05, 4.69) is 0 Å². The van der Waals surface area contributed by atoms with Crippen LogP contribution in [0.4, 0.5) is 30.2 Å². The second-order valence-corrected chi connectivity index (χ2v) is 5.31. The monoisotopic (exact) mass is 335 g/mol. The van der Waals surface area contributed by atoms with E-state index in [0.29, 0.717) is 12.1 Å². The van der Waals surface area contributed by atoms with E-state index >= 15 is 0 Å². The first kappa shape index (κ1) is 18.7. The van der Waals surface area contributed by atoms with Crippen LogP contribution in [-0.4, -0.2) is 22.9 Å². The lowest BCUT2D eigenvalue weighted by Gasteiger charge is -2.25. The van der Waals surface area contributed by atoms with Gasteiger partial charge >= 0.3 is 6.18 Å². The number of halogens is 3. The molecule has 0 fully saturated rings. The number of nitro groups is 2. The van der Waals surface area contributed by atoms with Crippen LogP contribution in [0.3, 0.4) is 0 Å². The first-order valence-corrected chi connectivity index (χ1v) is 6.78. The van der Waals surface area contributed by atoms with Gasteiger partial charge in [0, 0.05) is 25.2 Å². The zero-order valence-electron chi connectivity index (χ0n) is 12.8. The van der Waals surface area contributed by atoms with Gasteiger partial charge in [0.15, 0.2) is 5.69 Å². The second-order valence-electron chi connectivity index (χ2n) is 5.31. The Morgan fingerprint density at radius 3 is 1.83 bits per heavy atom. The molecule has 23 heavy (non-hydrogen) atoms. The van der Waals surface area contributed by atoms with Crippen molar-refractivity contribution in [2.75, 3.05) is 18.0 Å². The van der Waals surface area contributed by atoms with Crippen LogP contribution in [0.2, 0.25) is 0 Å². The van der Waals surface area contributed by atoms with Crippen LogP contribution in [0.1, 0.15) is 26.3 Å². The molecule has 0 amide bonds. The number of nitro benzene ring substituents is 2. The zero-order valence-corrected chi connectivity index (χ0v) is 12.8. The number of anilines is 1. The Labute approximate surface area is 130 Å². The standard InChI is InChI=1S/C13H16F3N3O4/c1-4-17(7-8(2)3)12-10(18(20)21)5-9(13(14,15)16)6-11(12)19(22)23/h5-6,8H,4,7H2,1-3H3. The molecular formula is C13H16F3N3O4. The Hall–Kier alpha value is -2.39. The maximum Gasteiger partial charge on any atom is 0.416 e. The molecule has 0 bridgehead atoms. The average Bonchev–Trinajstić information content (AvgIpc) is 2.41. The van der Waals surface area contributed by atoms with Crippen molar-refractivity contribution >= 4 is 17.1 Å². The molecule has 7 nitrogen and oxygen atoms in total. The summed E-state index contributed by atoms with van der Waals surface area (Å²) < 4.78 is 38.5. The van der Waals surface area contributed by atoms with Crippen LogP contribution >= 0.6 is 0 Å². The summed E-state index contributed by atoms with van der Waals surface area (Å²) in [6.45, 7) is 5.64. The molecular weight excluding hydrogens is 319 g/mol. The summed E-state index contributed by atoms with van der Waals surface area (Å²) in [6, 6.07) is 0.677. The minimum absolute atomic E-state index is 0.0106. The number of hydrogen-bond acceptors (Lipinski definition) is 5. The lowest BCUT2D eigenvalue weighted by molar-refractivity contribution is -0.393. The van der Waals surface area contributed by atoms with Gasteiger partial charge in [0.1, 0.15) is 0 Å². The van der Waals surface area contributed by atoms with E-state index in [0.717, 1.165) is 0 Å². The van der Waals surface area contributed by atoms with E-state index in [4.69, 9.17) is 0 Å². The molecule has 1 aromatic carbocycles. The quantitative estimate of drug-likeness (QED) is 0.579. The highest BCUT2D eigenvalue weighted by Crippen LogP contribution is 2.43. The summed E-state index contributed by atoms with van der Waals surface area (Å²) in [4.78, 5) is 21.6. The van der Waals surface area contributed by atoms with Crippen LogP contribution < -0.4 is 4.90 Å². The maximum atomic E-state index is 12.8. The highest BCUT2D eigenvalue weighted by atomic mass is 19.4. The molecule has 0 atom stereocenters. The van der Waals surface area contributed by atoms with Gasteiger partial charge in [0.25, 0.3) is 11.4 Å². The third-order valence-electron chi connectivity index (χ3n) is 3.07. The summed E-state index contributed by atoms with van der Waals surface area (Å²) in [6.07, 6.45) is -4.91. The summed E-state index contributed by atoms with van der Waals surface area (Å²) in [5, 5.41) is 22.3. The van der Waals surface area contributed by atoms with Crippen molar-refractivity contribution in [1.29, 1.82) is 0 Å². The number of alkyl halides is 3. The zero-order chi connectivity index (χ0) is 17.9. The lowest BCUT2D eigenvalue weighted by atomic mass is 10.1. The van der Waals surface area contributed by atoms with E-state index in [1.54, 1.807) is 20.8 Å². The van der Waals surface area contributed by atoms with Crippen molar-refractivity contribution in [3.05, 3.63) is 37.9 Å². The number of nitrogens with zero attached hydrogens (tertiary/aromatic N) is 3. The first-order valence-electron chi connectivity index (χ1n) is 6.78. The predicted octanol–water partition coefficient (Wildman–Crippen LogP) is 4.00. The van der Waals surface area contributed by atoms with Crippen molar-refractivity contribution in [1.82, 2.24) is 0 Å². The second kappa shape index (κ2) is 6.80. The van der Waals surface area contributed by atoms with E-state index < -0.39 is 38.6 Å². The SMILES string of the molecule is CCN(CC(C)C)c1c([N+](=O)[O-])cc(C(F)(F)F)cc1[N+](=O)[O-]. The van der Waals surface area contributed by atoms with Crippen molar-refractivity contribution < 1.29 is 23.0 Å². The van der Waals surface area contributed by atoms with Gasteiger partial charge in [0.2, 0.25) is 0 Å². The average molecular weight is 335 g/mol. The van der Waals surface area contributed by atoms with Gasteiger partial charge in [0.05, 0.1) is 15.4 Å². The van der Waals surface area contributed by atoms with Crippen molar-refractivity contribution in [3.63, 3.8) is 0 Å². The fourth-order valence-corrected chi connectivity index (χ4v) is 2.19. The lowest BCUT2D eigenvalue weighted by Crippen LogP contribution is -2.29. The van der Waals surface area contributed by atoms with Gasteiger partial charge < -0.3 is 4.90 Å². The molecule has 0 aliphatic rings. The van der Waals surface area contributed by atoms with Gasteiger partial charge in [-0.3, -0.25) is 20.2 Å². The third-order valence-corrected chi connectivity index (χ3v) is 3.07. The van der Waals surface area contributed by atoms with Gasteiger partial charge in [-0.25, -0.2) is 0 Å². The summed E-state index contributed by atoms with van der Waals surface area (Å²) in [5.74, 6) is 0.0106. The minimum atomic E-state index is -4.91. The fraction of sp³-hybridized carbons (Fsp3) is 0.538. The molecule has 10 heteroatoms. The largest absolute Gasteiger partial charge is 0.416 e. The predicted molar refractivity (Wildman–Crippen MR) is 77.5 cm³/mol. The Morgan fingerprint density at radius 1 is 1.13 bits per heavy atom. The van der Waals surface area contributed by atoms with E-state index in [-0.39, 0.29) is 19.0 Å². The molecule has 0 spiro atoms. The Kier molecular flexibility index (Phi) is 5.51. The summed E-state index contributed by atoms with van der Waals surface area (Å²) in [5.41, 5.74) is -3.66. The molecule has 0 aliphatic heterocycles. The van der Waals surface area contributed by atoms with Crippen molar-refractivity contribution in [2.24, 2.45) is 5.92 Å². The van der Waals surface area contributed by atoms with Crippen molar-refractivity contribution in [3.8, 4) is 0 Å². The molecule has 0 unspecified atom stereocenters. The summed E-state index contributed by atoms with van der Waals surface area (Å²) >= 11 is 0. The maximum absolute atomic E-state index is 12.8. The first-order chi connectivity index (χ1) is 10.5. The van der Waals surface area contributed by atoms with Crippen LogP contribution in [0.5, 0.6) is 0 Å². The van der Waals surface area contributed by atoms with Crippen LogP contribution in [0.25, 0.3) is 0 Å². The number of rotatable bonds is 6. The molecule has 0 saturated heterocycles. The minimum Gasteiger partial charge on any atom is -0.360 e. The highest BCUT2D eigenvalue weighted by Gasteiger charge is 2.39. The highest BCUT2D eigenvalue weighted by molar-refractivity contribution is 5.76. The molecule has 1 aromatic rings. The molecule has 0 aromatic heterocycles. The van der Waals surface area contributed by atoms with Gasteiger partial charge in [-0.1, -0.05) is 13.8 Å². The van der Waals surface area contributed by atoms with Crippen LogP contribution in [0.15, 0.2) is 12.1 Å². The van der Waals surface area contributed by atoms with Gasteiger partial charge in [-0.15, -0.1) is 0 Å². The fourth-order valence-electron chi connectivity index (χ4n) is 2.19. The van der Waals surface area contributed by atoms with Crippen LogP contribution in [0, 0.1) is 26.1 Å². The molecule has 0 saturated carbocycles. The Bertz CT molecular complexity index is 582. The Balaban J connectivity index is 3.71. The Morgan fingerprint density at radius 2 is 1.57 bits per heavy atom. The summed E-state index contributed by atoms with van der Waals surface area (Å²) in [7, 11) is 0. The van der Waals surface area contributed by atoms with Crippen molar-refractivity contribution in [2.45, 2.75) is 26.9 Å². The third kappa shape index (κ3) is 4.30. The van der Waals surface area contributed by atoms with E-state index in [1.807, 2.05) is 0 Å². The molecule has 0 aliphatic carbocycles. The van der Waals surface area contributed by atoms with E-state index in [9.17, 15) is 33.4 Å². The molecule has 128 valence electrons.